The van der Waals surface area contributed by atoms with E-state index in [0.29, 0.717) is 0 Å². The van der Waals surface area contributed by atoms with Gasteiger partial charge in [0.2, 0.25) is 0 Å². The van der Waals surface area contributed by atoms with Crippen LogP contribution in [-0.4, -0.2) is 0 Å². The third kappa shape index (κ3) is 8.02. The van der Waals surface area contributed by atoms with Gasteiger partial charge in [0.15, 0.2) is 0 Å². The Bertz CT molecular complexity index is 5730. The summed E-state index contributed by atoms with van der Waals surface area (Å²) in [5.74, 6) is 0. The van der Waals surface area contributed by atoms with Gasteiger partial charge in [-0.2, -0.15) is 0 Å². The summed E-state index contributed by atoms with van der Waals surface area (Å²) in [6, 6.07) is 126. The molecule has 0 aromatic heterocycles. The predicted molar refractivity (Wildman–Crippen MR) is 385 cm³/mol. The van der Waals surface area contributed by atoms with Crippen molar-refractivity contribution in [2.45, 2.75) is 0 Å². The van der Waals surface area contributed by atoms with E-state index < -0.39 is 0 Å². The number of para-hydroxylation sites is 4. The molecule has 18 aromatic carbocycles. The summed E-state index contributed by atoms with van der Waals surface area (Å²) in [5, 5.41) is 21.0. The third-order valence-corrected chi connectivity index (χ3v) is 18.5. The van der Waals surface area contributed by atoms with Gasteiger partial charge in [-0.05, 0) is 150 Å². The van der Waals surface area contributed by atoms with E-state index >= 15 is 0 Å². The molecule has 90 heavy (non-hydrogen) atoms. The molecular weight excluding hydrogens is 1090 g/mol. The van der Waals surface area contributed by atoms with Crippen LogP contribution in [0.2, 0.25) is 0 Å². The summed E-state index contributed by atoms with van der Waals surface area (Å²) in [5.41, 5.74) is 12.4. The molecule has 0 bridgehead atoms. The van der Waals surface area contributed by atoms with Crippen LogP contribution in [0.4, 0.5) is 68.2 Å². The van der Waals surface area contributed by atoms with Gasteiger partial charge in [0.1, 0.15) is 0 Å². The molecule has 0 N–H and O–H groups in total. The van der Waals surface area contributed by atoms with Crippen molar-refractivity contribution < 1.29 is 0 Å². The van der Waals surface area contributed by atoms with Crippen LogP contribution < -0.4 is 19.6 Å². The first-order valence-electron chi connectivity index (χ1n) is 31.0. The lowest BCUT2D eigenvalue weighted by Crippen LogP contribution is -2.23. The maximum Gasteiger partial charge on any atom is 0.0960 e. The molecule has 0 saturated heterocycles. The average molecular weight is 1150 g/mol. The quantitative estimate of drug-likeness (QED) is 0.0893. The molecule has 18 rings (SSSR count). The Hall–Kier alpha value is -12.0. The van der Waals surface area contributed by atoms with Crippen molar-refractivity contribution in [1.29, 1.82) is 0 Å². The van der Waals surface area contributed by atoms with Gasteiger partial charge in [-0.1, -0.05) is 249 Å². The molecule has 4 nitrogen and oxygen atoms in total. The van der Waals surface area contributed by atoms with E-state index in [2.05, 4.69) is 359 Å². The highest BCUT2D eigenvalue weighted by atomic mass is 15.3. The summed E-state index contributed by atoms with van der Waals surface area (Å²) < 4.78 is 0. The molecule has 0 radical (unpaired) electrons. The van der Waals surface area contributed by atoms with Gasteiger partial charge in [0, 0.05) is 60.5 Å². The fourth-order valence-electron chi connectivity index (χ4n) is 14.8. The Labute approximate surface area is 521 Å². The van der Waals surface area contributed by atoms with Crippen molar-refractivity contribution in [1.82, 2.24) is 0 Å². The molecule has 0 unspecified atom stereocenters. The number of benzene rings is 18. The van der Waals surface area contributed by atoms with Crippen LogP contribution in [0.1, 0.15) is 0 Å². The molecule has 0 spiro atoms. The Morgan fingerprint density at radius 3 is 0.933 bits per heavy atom. The van der Waals surface area contributed by atoms with Gasteiger partial charge >= 0.3 is 0 Å². The first-order chi connectivity index (χ1) is 44.7. The molecule has 4 heteroatoms. The zero-order valence-corrected chi connectivity index (χ0v) is 49.1. The molecule has 18 aromatic rings. The predicted octanol–water partition coefficient (Wildman–Crippen LogP) is 24.8. The van der Waals surface area contributed by atoms with Crippen molar-refractivity contribution >= 4 is 165 Å². The summed E-state index contributed by atoms with van der Waals surface area (Å²) in [6.07, 6.45) is 0. The molecular formula is C86H56N4. The number of hydrogen-bond donors (Lipinski definition) is 0. The number of hydrogen-bond acceptors (Lipinski definition) is 4. The first-order valence-corrected chi connectivity index (χ1v) is 31.0. The normalized spacial score (nSPS) is 11.8. The zero-order valence-electron chi connectivity index (χ0n) is 49.1. The van der Waals surface area contributed by atoms with Crippen LogP contribution in [0.15, 0.2) is 340 Å². The van der Waals surface area contributed by atoms with E-state index in [4.69, 9.17) is 0 Å². The molecule has 0 saturated carbocycles. The lowest BCUT2D eigenvalue weighted by Gasteiger charge is -2.41. The van der Waals surface area contributed by atoms with Crippen molar-refractivity contribution in [3.63, 3.8) is 0 Å². The van der Waals surface area contributed by atoms with Gasteiger partial charge in [0.25, 0.3) is 0 Å². The fourth-order valence-corrected chi connectivity index (χ4v) is 14.8. The van der Waals surface area contributed by atoms with E-state index in [0.717, 1.165) is 133 Å². The van der Waals surface area contributed by atoms with Crippen LogP contribution in [0, 0.1) is 0 Å². The molecule has 0 fully saturated rings. The molecule has 0 atom stereocenters. The minimum atomic E-state index is 0.988. The molecule has 0 aliphatic carbocycles. The fraction of sp³-hybridized carbons (Fsp3) is 0. The maximum absolute atomic E-state index is 2.62. The lowest BCUT2D eigenvalue weighted by atomic mass is 9.83. The van der Waals surface area contributed by atoms with Gasteiger partial charge in [-0.25, -0.2) is 0 Å². The van der Waals surface area contributed by atoms with E-state index in [1.54, 1.807) is 0 Å². The molecule has 0 heterocycles. The molecule has 420 valence electrons. The monoisotopic (exact) mass is 1140 g/mol. The number of rotatable bonds is 12. The van der Waals surface area contributed by atoms with Crippen molar-refractivity contribution in [2.24, 2.45) is 0 Å². The van der Waals surface area contributed by atoms with Crippen molar-refractivity contribution in [3.8, 4) is 0 Å². The van der Waals surface area contributed by atoms with Gasteiger partial charge < -0.3 is 19.6 Å². The van der Waals surface area contributed by atoms with Crippen molar-refractivity contribution in [3.05, 3.63) is 340 Å². The molecule has 0 aliphatic heterocycles. The second-order valence-corrected chi connectivity index (χ2v) is 23.5. The van der Waals surface area contributed by atoms with Gasteiger partial charge in [-0.3, -0.25) is 0 Å². The van der Waals surface area contributed by atoms with Crippen LogP contribution in [-0.2, 0) is 0 Å². The molecule has 0 amide bonds. The maximum atomic E-state index is 2.62. The largest absolute Gasteiger partial charge is 0.309 e. The number of fused-ring (bicyclic) bond motifs is 4. The Kier molecular flexibility index (Phi) is 11.9. The molecule has 0 aliphatic rings. The third-order valence-electron chi connectivity index (χ3n) is 18.5. The average Bonchev–Trinajstić information content (AvgIpc) is 0.682. The minimum absolute atomic E-state index is 0.988. The van der Waals surface area contributed by atoms with E-state index in [1.807, 2.05) is 0 Å². The second kappa shape index (κ2) is 20.9. The highest BCUT2D eigenvalue weighted by Crippen LogP contribution is 2.64. The van der Waals surface area contributed by atoms with Crippen LogP contribution in [0.25, 0.3) is 97.0 Å². The van der Waals surface area contributed by atoms with Crippen LogP contribution in [0.3, 0.4) is 0 Å². The summed E-state index contributed by atoms with van der Waals surface area (Å²) in [7, 11) is 0. The topological polar surface area (TPSA) is 13.0 Å². The lowest BCUT2D eigenvalue weighted by molar-refractivity contribution is 1.22. The summed E-state index contributed by atoms with van der Waals surface area (Å²) in [6.45, 7) is 0. The Balaban J connectivity index is 1.19. The van der Waals surface area contributed by atoms with E-state index in [9.17, 15) is 0 Å². The SMILES string of the molecule is c1ccc(N(c2c(N(c3ccccc3)c3cccc4ccccc34)c3cc4ccc5cccc6cc7cc(N(c8ccccc8)c8cccc9ccccc89)c(c2N(c2ccccc2)c2cccc8ccccc28)c3c7c4c56)c2cccc3ccccc23)cc1. The Morgan fingerprint density at radius 2 is 0.467 bits per heavy atom. The zero-order chi connectivity index (χ0) is 59.2. The smallest absolute Gasteiger partial charge is 0.0960 e. The van der Waals surface area contributed by atoms with Gasteiger partial charge in [-0.15, -0.1) is 0 Å². The highest BCUT2D eigenvalue weighted by Gasteiger charge is 2.38. The minimum Gasteiger partial charge on any atom is -0.309 e. The van der Waals surface area contributed by atoms with Crippen LogP contribution in [0.5, 0.6) is 0 Å². The Morgan fingerprint density at radius 1 is 0.144 bits per heavy atom. The first kappa shape index (κ1) is 51.3. The highest BCUT2D eigenvalue weighted by molar-refractivity contribution is 6.43. The summed E-state index contributed by atoms with van der Waals surface area (Å²) in [4.78, 5) is 10.4. The number of anilines is 12. The second-order valence-electron chi connectivity index (χ2n) is 23.5. The number of nitrogens with zero attached hydrogens (tertiary/aromatic N) is 4. The standard InChI is InChI=1S/C86H56N4/c1-5-36-65(37-6-1)87(74-48-22-30-57-26-13-17-44-69(57)74)78-56-64-54-62-35-21-34-61-52-53-63-55-73-82(81(64)80(63)79(61)62)83(78)85(89(67-40-9-3-10-41-67)76-50-24-32-59-28-15-19-46-71(59)76)86(90(68-42-11-4-12-43-68)77-51-25-33-60-29-16-20-47-72(60)77)84(73)88(66-38-7-2-8-39-66)75-49-23-31-58-27-14-18-45-70(58)75/h1-56H. The van der Waals surface area contributed by atoms with E-state index in [1.165, 1.54) is 32.3 Å². The summed E-state index contributed by atoms with van der Waals surface area (Å²) >= 11 is 0. The van der Waals surface area contributed by atoms with Crippen molar-refractivity contribution in [2.75, 3.05) is 19.6 Å². The van der Waals surface area contributed by atoms with Crippen LogP contribution >= 0.6 is 0 Å². The van der Waals surface area contributed by atoms with Gasteiger partial charge in [0.05, 0.1) is 45.5 Å². The van der Waals surface area contributed by atoms with E-state index in [-0.39, 0.29) is 0 Å².